The number of hydrogen-bond acceptors (Lipinski definition) is 6. The predicted octanol–water partition coefficient (Wildman–Crippen LogP) is 2.04. The number of ether oxygens (including phenoxy) is 1. The summed E-state index contributed by atoms with van der Waals surface area (Å²) in [7, 11) is -2.67. The van der Waals surface area contributed by atoms with Crippen LogP contribution in [-0.4, -0.2) is 26.5 Å². The van der Waals surface area contributed by atoms with Gasteiger partial charge in [0, 0.05) is 6.20 Å². The van der Waals surface area contributed by atoms with Crippen LogP contribution in [0, 0.1) is 6.92 Å². The number of methoxy groups -OCH3 is 1. The predicted molar refractivity (Wildman–Crippen MR) is 75.4 cm³/mol. The number of carbonyl (C=O) groups excluding carboxylic acids is 1. The van der Waals surface area contributed by atoms with E-state index in [1.54, 1.807) is 18.3 Å². The molecule has 0 radical (unpaired) electrons. The van der Waals surface area contributed by atoms with Gasteiger partial charge in [-0.1, -0.05) is 6.07 Å². The first-order valence-electron chi connectivity index (χ1n) is 5.55. The highest BCUT2D eigenvalue weighted by molar-refractivity contribution is 7.93. The van der Waals surface area contributed by atoms with Gasteiger partial charge in [-0.3, -0.25) is 4.72 Å². The number of hydrogen-bond donors (Lipinski definition) is 1. The largest absolute Gasteiger partial charge is 0.465 e. The number of carbonyl (C=O) groups is 1. The first-order chi connectivity index (χ1) is 9.44. The molecule has 0 fully saturated rings. The van der Waals surface area contributed by atoms with Gasteiger partial charge in [0.05, 0.1) is 7.11 Å². The van der Waals surface area contributed by atoms with E-state index in [2.05, 4.69) is 14.4 Å². The van der Waals surface area contributed by atoms with Crippen LogP contribution < -0.4 is 4.72 Å². The molecule has 0 aliphatic heterocycles. The third kappa shape index (κ3) is 2.97. The number of aryl methyl sites for hydroxylation is 1. The highest BCUT2D eigenvalue weighted by Crippen LogP contribution is 2.24. The Morgan fingerprint density at radius 2 is 2.10 bits per heavy atom. The molecule has 0 amide bonds. The third-order valence-electron chi connectivity index (χ3n) is 2.44. The molecular formula is C12H12N2O4S2. The molecule has 106 valence electrons. The van der Waals surface area contributed by atoms with Gasteiger partial charge in [-0.15, -0.1) is 11.3 Å². The van der Waals surface area contributed by atoms with Gasteiger partial charge in [0.15, 0.2) is 0 Å². The number of nitrogens with one attached hydrogen (secondary N) is 1. The van der Waals surface area contributed by atoms with E-state index in [0.717, 1.165) is 16.9 Å². The summed E-state index contributed by atoms with van der Waals surface area (Å²) in [5.74, 6) is -0.491. The van der Waals surface area contributed by atoms with Gasteiger partial charge in [0.2, 0.25) is 0 Å². The average Bonchev–Trinajstić information content (AvgIpc) is 2.90. The summed E-state index contributed by atoms with van der Waals surface area (Å²) in [4.78, 5) is 15.4. The lowest BCUT2D eigenvalue weighted by molar-refractivity contribution is 0.0602. The highest BCUT2D eigenvalue weighted by atomic mass is 32.2. The summed E-state index contributed by atoms with van der Waals surface area (Å²) in [5, 5.41) is 1.52. The summed E-state index contributed by atoms with van der Waals surface area (Å²) in [6.07, 6.45) is 1.55. The molecule has 6 nitrogen and oxygen atoms in total. The number of rotatable bonds is 4. The number of aromatic nitrogens is 1. The summed E-state index contributed by atoms with van der Waals surface area (Å²) >= 11 is 1.01. The standard InChI is InChI=1S/C12H12N2O4S2/c1-8-3-4-10(13-7-8)14-20(16,17)9-5-6-19-11(9)12(15)18-2/h3-7H,1-2H3,(H,13,14). The quantitative estimate of drug-likeness (QED) is 0.873. The van der Waals surface area contributed by atoms with E-state index in [0.29, 0.717) is 0 Å². The minimum absolute atomic E-state index is 0.0344. The molecule has 0 bridgehead atoms. The van der Waals surface area contributed by atoms with Gasteiger partial charge in [0.25, 0.3) is 10.0 Å². The monoisotopic (exact) mass is 312 g/mol. The van der Waals surface area contributed by atoms with Crippen molar-refractivity contribution >= 4 is 33.1 Å². The fourth-order valence-electron chi connectivity index (χ4n) is 1.47. The second kappa shape index (κ2) is 5.59. The van der Waals surface area contributed by atoms with Crippen LogP contribution in [0.4, 0.5) is 5.82 Å². The zero-order chi connectivity index (χ0) is 14.8. The first-order valence-corrected chi connectivity index (χ1v) is 7.91. The Morgan fingerprint density at radius 1 is 1.35 bits per heavy atom. The van der Waals surface area contributed by atoms with Crippen molar-refractivity contribution in [3.63, 3.8) is 0 Å². The molecule has 0 atom stereocenters. The van der Waals surface area contributed by atoms with Crippen LogP contribution in [-0.2, 0) is 14.8 Å². The van der Waals surface area contributed by atoms with E-state index in [-0.39, 0.29) is 15.6 Å². The van der Waals surface area contributed by atoms with Gasteiger partial charge in [-0.25, -0.2) is 18.2 Å². The van der Waals surface area contributed by atoms with Crippen LogP contribution in [0.1, 0.15) is 15.2 Å². The number of thiophene rings is 1. The molecule has 0 aliphatic carbocycles. The van der Waals surface area contributed by atoms with Crippen molar-refractivity contribution in [3.05, 3.63) is 40.2 Å². The summed E-state index contributed by atoms with van der Waals surface area (Å²) < 4.78 is 31.4. The smallest absolute Gasteiger partial charge is 0.349 e. The van der Waals surface area contributed by atoms with Gasteiger partial charge in [0.1, 0.15) is 15.6 Å². The van der Waals surface area contributed by atoms with Crippen LogP contribution in [0.3, 0.4) is 0 Å². The Hall–Kier alpha value is -1.93. The lowest BCUT2D eigenvalue weighted by atomic mass is 10.3. The maximum absolute atomic E-state index is 12.2. The molecule has 20 heavy (non-hydrogen) atoms. The van der Waals surface area contributed by atoms with E-state index < -0.39 is 16.0 Å². The number of pyridine rings is 1. The lowest BCUT2D eigenvalue weighted by Gasteiger charge is -2.07. The molecule has 0 saturated heterocycles. The lowest BCUT2D eigenvalue weighted by Crippen LogP contribution is -2.16. The van der Waals surface area contributed by atoms with E-state index in [1.807, 2.05) is 6.92 Å². The van der Waals surface area contributed by atoms with Crippen LogP contribution in [0.2, 0.25) is 0 Å². The van der Waals surface area contributed by atoms with Crippen molar-refractivity contribution in [2.45, 2.75) is 11.8 Å². The Labute approximate surface area is 120 Å². The maximum Gasteiger partial charge on any atom is 0.349 e. The van der Waals surface area contributed by atoms with E-state index in [9.17, 15) is 13.2 Å². The van der Waals surface area contributed by atoms with Crippen molar-refractivity contribution in [1.29, 1.82) is 0 Å². The maximum atomic E-state index is 12.2. The molecule has 0 unspecified atom stereocenters. The molecule has 0 spiro atoms. The SMILES string of the molecule is COC(=O)c1sccc1S(=O)(=O)Nc1ccc(C)cn1. The fourth-order valence-corrected chi connectivity index (χ4v) is 3.82. The molecule has 2 aromatic rings. The summed E-state index contributed by atoms with van der Waals surface area (Å²) in [6, 6.07) is 4.64. The highest BCUT2D eigenvalue weighted by Gasteiger charge is 2.24. The van der Waals surface area contributed by atoms with Gasteiger partial charge in [-0.05, 0) is 30.0 Å². The molecule has 0 saturated carbocycles. The van der Waals surface area contributed by atoms with Gasteiger partial charge in [-0.2, -0.15) is 0 Å². The zero-order valence-electron chi connectivity index (χ0n) is 10.8. The van der Waals surface area contributed by atoms with Crippen LogP contribution in [0.15, 0.2) is 34.7 Å². The van der Waals surface area contributed by atoms with E-state index >= 15 is 0 Å². The van der Waals surface area contributed by atoms with Crippen LogP contribution in [0.5, 0.6) is 0 Å². The number of anilines is 1. The molecule has 2 rings (SSSR count). The Morgan fingerprint density at radius 3 is 2.70 bits per heavy atom. The Bertz CT molecular complexity index is 720. The van der Waals surface area contributed by atoms with Gasteiger partial charge >= 0.3 is 5.97 Å². The van der Waals surface area contributed by atoms with E-state index in [1.165, 1.54) is 18.6 Å². The van der Waals surface area contributed by atoms with Crippen LogP contribution in [0.25, 0.3) is 0 Å². The molecule has 2 heterocycles. The second-order valence-electron chi connectivity index (χ2n) is 3.93. The minimum Gasteiger partial charge on any atom is -0.465 e. The Balaban J connectivity index is 2.34. The molecule has 0 aliphatic rings. The molecule has 1 N–H and O–H groups in total. The number of nitrogens with zero attached hydrogens (tertiary/aromatic N) is 1. The van der Waals surface area contributed by atoms with Crippen molar-refractivity contribution in [1.82, 2.24) is 4.98 Å². The van der Waals surface area contributed by atoms with Crippen molar-refractivity contribution in [3.8, 4) is 0 Å². The fraction of sp³-hybridized carbons (Fsp3) is 0.167. The van der Waals surface area contributed by atoms with Crippen molar-refractivity contribution in [2.75, 3.05) is 11.8 Å². The first kappa shape index (κ1) is 14.5. The number of esters is 1. The van der Waals surface area contributed by atoms with Crippen molar-refractivity contribution in [2.24, 2.45) is 0 Å². The summed E-state index contributed by atoms with van der Waals surface area (Å²) in [5.41, 5.74) is 0.915. The zero-order valence-corrected chi connectivity index (χ0v) is 12.4. The second-order valence-corrected chi connectivity index (χ2v) is 6.50. The van der Waals surface area contributed by atoms with Crippen molar-refractivity contribution < 1.29 is 17.9 Å². The van der Waals surface area contributed by atoms with Crippen LogP contribution >= 0.6 is 11.3 Å². The molecular weight excluding hydrogens is 300 g/mol. The molecule has 8 heteroatoms. The minimum atomic E-state index is -3.87. The molecule has 0 aromatic carbocycles. The van der Waals surface area contributed by atoms with Gasteiger partial charge < -0.3 is 4.74 Å². The topological polar surface area (TPSA) is 85.4 Å². The number of sulfonamides is 1. The van der Waals surface area contributed by atoms with E-state index in [4.69, 9.17) is 0 Å². The summed E-state index contributed by atoms with van der Waals surface area (Å²) in [6.45, 7) is 1.85. The normalized spacial score (nSPS) is 11.1. The molecule has 2 aromatic heterocycles. The Kier molecular flexibility index (Phi) is 4.05. The third-order valence-corrected chi connectivity index (χ3v) is 4.86. The average molecular weight is 312 g/mol.